The van der Waals surface area contributed by atoms with Crippen LogP contribution in [-0.4, -0.2) is 15.6 Å². The van der Waals surface area contributed by atoms with Gasteiger partial charge in [-0.1, -0.05) is 0 Å². The highest BCUT2D eigenvalue weighted by Crippen LogP contribution is 2.27. The summed E-state index contributed by atoms with van der Waals surface area (Å²) in [4.78, 5) is 12.3. The van der Waals surface area contributed by atoms with E-state index in [1.165, 1.54) is 24.4 Å². The number of hydrogen-bond acceptors (Lipinski definition) is 3. The van der Waals surface area contributed by atoms with E-state index in [4.69, 9.17) is 4.42 Å². The van der Waals surface area contributed by atoms with Crippen molar-refractivity contribution in [2.45, 2.75) is 6.92 Å². The molecule has 0 saturated carbocycles. The van der Waals surface area contributed by atoms with E-state index in [0.717, 1.165) is 0 Å². The van der Waals surface area contributed by atoms with Crippen LogP contribution in [0.1, 0.15) is 21.7 Å². The zero-order valence-electron chi connectivity index (χ0n) is 10.5. The number of benzene rings is 1. The second-order valence-corrected chi connectivity index (χ2v) is 4.43. The number of halogens is 1. The predicted molar refractivity (Wildman–Crippen MR) is 67.5 cm³/mol. The lowest BCUT2D eigenvalue weighted by atomic mass is 10.1. The van der Waals surface area contributed by atoms with Crippen LogP contribution >= 0.6 is 0 Å². The van der Waals surface area contributed by atoms with Gasteiger partial charge in [0.05, 0.1) is 11.8 Å². The molecular weight excluding hydrogens is 247 g/mol. The zero-order valence-corrected chi connectivity index (χ0v) is 10.5. The first-order valence-corrected chi connectivity index (χ1v) is 5.78. The molecule has 0 N–H and O–H groups in total. The molecule has 2 heterocycles. The molecule has 0 amide bonds. The van der Waals surface area contributed by atoms with E-state index in [0.29, 0.717) is 22.1 Å². The van der Waals surface area contributed by atoms with Gasteiger partial charge in [0, 0.05) is 24.2 Å². The van der Waals surface area contributed by atoms with Crippen LogP contribution in [0.3, 0.4) is 0 Å². The van der Waals surface area contributed by atoms with Gasteiger partial charge in [0.2, 0.25) is 5.78 Å². The van der Waals surface area contributed by atoms with Gasteiger partial charge in [0.25, 0.3) is 0 Å². The van der Waals surface area contributed by atoms with Crippen LogP contribution < -0.4 is 0 Å². The summed E-state index contributed by atoms with van der Waals surface area (Å²) in [6.45, 7) is 1.74. The number of ketones is 1. The third kappa shape index (κ3) is 1.83. The fourth-order valence-electron chi connectivity index (χ4n) is 2.08. The lowest BCUT2D eigenvalue weighted by molar-refractivity contribution is 0.101. The Bertz CT molecular complexity index is 786. The van der Waals surface area contributed by atoms with Crippen molar-refractivity contribution in [2.75, 3.05) is 0 Å². The van der Waals surface area contributed by atoms with Crippen LogP contribution in [0.25, 0.3) is 11.0 Å². The number of carbonyl (C=O) groups is 1. The standard InChI is InChI=1S/C14H11FN2O2/c1-8-11-5-10(15)3-4-12(11)19-14(8)13(18)9-6-16-17(2)7-9/h3-7H,1-2H3. The summed E-state index contributed by atoms with van der Waals surface area (Å²) in [5.41, 5.74) is 1.60. The van der Waals surface area contributed by atoms with Gasteiger partial charge in [-0.25, -0.2) is 4.39 Å². The molecule has 0 fully saturated rings. The number of rotatable bonds is 2. The van der Waals surface area contributed by atoms with Gasteiger partial charge in [-0.15, -0.1) is 0 Å². The summed E-state index contributed by atoms with van der Waals surface area (Å²) in [5, 5.41) is 4.57. The molecule has 0 aliphatic heterocycles. The molecule has 2 aromatic heterocycles. The molecule has 0 saturated heterocycles. The summed E-state index contributed by atoms with van der Waals surface area (Å²) < 4.78 is 20.3. The highest BCUT2D eigenvalue weighted by Gasteiger charge is 2.20. The topological polar surface area (TPSA) is 48.0 Å². The van der Waals surface area contributed by atoms with Gasteiger partial charge in [0.1, 0.15) is 11.4 Å². The number of aromatic nitrogens is 2. The van der Waals surface area contributed by atoms with Crippen molar-refractivity contribution in [2.24, 2.45) is 7.05 Å². The van der Waals surface area contributed by atoms with E-state index in [-0.39, 0.29) is 17.4 Å². The first-order chi connectivity index (χ1) is 9.06. The zero-order chi connectivity index (χ0) is 13.6. The number of nitrogens with zero attached hydrogens (tertiary/aromatic N) is 2. The Hall–Kier alpha value is -2.43. The van der Waals surface area contributed by atoms with Crippen molar-refractivity contribution >= 4 is 16.8 Å². The number of carbonyl (C=O) groups excluding carboxylic acids is 1. The second-order valence-electron chi connectivity index (χ2n) is 4.43. The Balaban J connectivity index is 2.15. The van der Waals surface area contributed by atoms with E-state index in [9.17, 15) is 9.18 Å². The minimum atomic E-state index is -0.350. The molecule has 0 bridgehead atoms. The van der Waals surface area contributed by atoms with E-state index in [1.807, 2.05) is 0 Å². The van der Waals surface area contributed by atoms with Gasteiger partial charge < -0.3 is 4.42 Å². The molecular formula is C14H11FN2O2. The fourth-order valence-corrected chi connectivity index (χ4v) is 2.08. The average molecular weight is 258 g/mol. The molecule has 0 unspecified atom stereocenters. The maximum absolute atomic E-state index is 13.2. The molecule has 3 aromatic rings. The molecule has 5 heteroatoms. The highest BCUT2D eigenvalue weighted by molar-refractivity contribution is 6.10. The monoisotopic (exact) mass is 258 g/mol. The van der Waals surface area contributed by atoms with E-state index < -0.39 is 0 Å². The Labute approximate surface area is 108 Å². The van der Waals surface area contributed by atoms with Crippen molar-refractivity contribution in [1.29, 1.82) is 0 Å². The van der Waals surface area contributed by atoms with Crippen LogP contribution in [0.2, 0.25) is 0 Å². The minimum absolute atomic E-state index is 0.230. The van der Waals surface area contributed by atoms with E-state index in [1.54, 1.807) is 24.9 Å². The summed E-state index contributed by atoms with van der Waals surface area (Å²) in [5.74, 6) is -0.368. The number of hydrogen-bond donors (Lipinski definition) is 0. The third-order valence-corrected chi connectivity index (χ3v) is 3.07. The van der Waals surface area contributed by atoms with E-state index in [2.05, 4.69) is 5.10 Å². The van der Waals surface area contributed by atoms with E-state index >= 15 is 0 Å². The molecule has 4 nitrogen and oxygen atoms in total. The first kappa shape index (κ1) is 11.6. The van der Waals surface area contributed by atoms with Crippen molar-refractivity contribution in [3.63, 3.8) is 0 Å². The minimum Gasteiger partial charge on any atom is -0.452 e. The molecule has 0 spiro atoms. The Morgan fingerprint density at radius 1 is 1.42 bits per heavy atom. The van der Waals surface area contributed by atoms with Crippen molar-refractivity contribution in [3.8, 4) is 0 Å². The number of fused-ring (bicyclic) bond motifs is 1. The first-order valence-electron chi connectivity index (χ1n) is 5.78. The molecule has 0 aliphatic rings. The van der Waals surface area contributed by atoms with Crippen molar-refractivity contribution in [1.82, 2.24) is 9.78 Å². The highest BCUT2D eigenvalue weighted by atomic mass is 19.1. The normalized spacial score (nSPS) is 11.1. The third-order valence-electron chi connectivity index (χ3n) is 3.07. The number of furan rings is 1. The molecule has 0 aliphatic carbocycles. The van der Waals surface area contributed by atoms with Gasteiger partial charge >= 0.3 is 0 Å². The van der Waals surface area contributed by atoms with Crippen LogP contribution in [0.4, 0.5) is 4.39 Å². The molecule has 0 atom stereocenters. The molecule has 19 heavy (non-hydrogen) atoms. The van der Waals surface area contributed by atoms with Gasteiger partial charge in [-0.05, 0) is 25.1 Å². The second kappa shape index (κ2) is 4.05. The van der Waals surface area contributed by atoms with Crippen LogP contribution in [0, 0.1) is 12.7 Å². The maximum atomic E-state index is 13.2. The summed E-state index contributed by atoms with van der Waals surface area (Å²) in [6.07, 6.45) is 3.10. The molecule has 0 radical (unpaired) electrons. The lowest BCUT2D eigenvalue weighted by Crippen LogP contribution is -2.00. The van der Waals surface area contributed by atoms with Gasteiger partial charge in [0.15, 0.2) is 5.76 Å². The van der Waals surface area contributed by atoms with Gasteiger partial charge in [-0.3, -0.25) is 9.48 Å². The summed E-state index contributed by atoms with van der Waals surface area (Å²) in [7, 11) is 1.73. The maximum Gasteiger partial charge on any atom is 0.231 e. The summed E-state index contributed by atoms with van der Waals surface area (Å²) in [6, 6.07) is 4.20. The van der Waals surface area contributed by atoms with Crippen molar-refractivity contribution in [3.05, 3.63) is 53.3 Å². The average Bonchev–Trinajstić information content (AvgIpc) is 2.94. The van der Waals surface area contributed by atoms with Crippen molar-refractivity contribution < 1.29 is 13.6 Å². The quantitative estimate of drug-likeness (QED) is 0.664. The van der Waals surface area contributed by atoms with Crippen LogP contribution in [0.15, 0.2) is 35.0 Å². The van der Waals surface area contributed by atoms with Crippen LogP contribution in [0.5, 0.6) is 0 Å². The molecule has 1 aromatic carbocycles. The largest absolute Gasteiger partial charge is 0.452 e. The van der Waals surface area contributed by atoms with Gasteiger partial charge in [-0.2, -0.15) is 5.10 Å². The lowest BCUT2D eigenvalue weighted by Gasteiger charge is -1.94. The SMILES string of the molecule is Cc1c(C(=O)c2cnn(C)c2)oc2ccc(F)cc12. The Morgan fingerprint density at radius 2 is 2.21 bits per heavy atom. The smallest absolute Gasteiger partial charge is 0.231 e. The summed E-state index contributed by atoms with van der Waals surface area (Å²) >= 11 is 0. The Morgan fingerprint density at radius 3 is 2.89 bits per heavy atom. The van der Waals surface area contributed by atoms with Crippen LogP contribution in [-0.2, 0) is 7.05 Å². The Kier molecular flexibility index (Phi) is 2.48. The number of aryl methyl sites for hydroxylation is 2. The predicted octanol–water partition coefficient (Wildman–Crippen LogP) is 2.84. The molecule has 3 rings (SSSR count). The molecule has 96 valence electrons. The fraction of sp³-hybridized carbons (Fsp3) is 0.143.